The molecule has 0 radical (unpaired) electrons. The van der Waals surface area contributed by atoms with E-state index in [2.05, 4.69) is 23.2 Å². The molecule has 1 saturated carbocycles. The molecule has 2 nitrogen and oxygen atoms in total. The Balaban J connectivity index is 1.45. The topological polar surface area (TPSA) is 22.1 Å². The summed E-state index contributed by atoms with van der Waals surface area (Å²) >= 11 is 1.59. The van der Waals surface area contributed by atoms with Gasteiger partial charge in [-0.15, -0.1) is 0 Å². The van der Waals surface area contributed by atoms with Crippen molar-refractivity contribution in [2.75, 3.05) is 0 Å². The maximum absolute atomic E-state index is 5.86. The second-order valence-electron chi connectivity index (χ2n) is 5.68. The van der Waals surface area contributed by atoms with E-state index in [4.69, 9.17) is 4.74 Å². The summed E-state index contributed by atoms with van der Waals surface area (Å²) in [7, 11) is 0. The van der Waals surface area contributed by atoms with E-state index >= 15 is 0 Å². The van der Waals surface area contributed by atoms with Crippen molar-refractivity contribution in [3.8, 4) is 10.9 Å². The van der Waals surface area contributed by atoms with E-state index in [0.717, 1.165) is 21.9 Å². The van der Waals surface area contributed by atoms with Crippen LogP contribution in [-0.4, -0.2) is 4.98 Å². The third kappa shape index (κ3) is 3.08. The van der Waals surface area contributed by atoms with Gasteiger partial charge in [0.1, 0.15) is 5.75 Å². The molecule has 0 amide bonds. The van der Waals surface area contributed by atoms with E-state index in [9.17, 15) is 0 Å². The van der Waals surface area contributed by atoms with Gasteiger partial charge < -0.3 is 4.74 Å². The smallest absolute Gasteiger partial charge is 0.279 e. The molecule has 0 unspecified atom stereocenters. The molecule has 3 heteroatoms. The predicted molar refractivity (Wildman–Crippen MR) is 87.2 cm³/mol. The average molecular weight is 295 g/mol. The van der Waals surface area contributed by atoms with Gasteiger partial charge in [0.2, 0.25) is 0 Å². The minimum Gasteiger partial charge on any atom is -0.431 e. The fourth-order valence-corrected chi connectivity index (χ4v) is 3.33. The maximum Gasteiger partial charge on any atom is 0.279 e. The molecule has 1 aromatic heterocycles. The van der Waals surface area contributed by atoms with Crippen LogP contribution in [0.25, 0.3) is 10.2 Å². The first-order valence-electron chi connectivity index (χ1n) is 7.49. The van der Waals surface area contributed by atoms with Gasteiger partial charge in [0, 0.05) is 0 Å². The highest BCUT2D eigenvalue weighted by Crippen LogP contribution is 2.34. The summed E-state index contributed by atoms with van der Waals surface area (Å²) in [5.74, 6) is 1.85. The van der Waals surface area contributed by atoms with E-state index in [-0.39, 0.29) is 0 Å². The van der Waals surface area contributed by atoms with Crippen LogP contribution >= 0.6 is 11.3 Å². The summed E-state index contributed by atoms with van der Waals surface area (Å²) in [4.78, 5) is 4.49. The van der Waals surface area contributed by atoms with Gasteiger partial charge in [-0.3, -0.25) is 0 Å². The zero-order valence-corrected chi connectivity index (χ0v) is 12.6. The normalized spacial score (nSPS) is 14.5. The second-order valence-corrected chi connectivity index (χ2v) is 6.67. The van der Waals surface area contributed by atoms with Gasteiger partial charge in [0.15, 0.2) is 0 Å². The lowest BCUT2D eigenvalue weighted by molar-refractivity contribution is 0.480. The molecule has 1 aliphatic rings. The summed E-state index contributed by atoms with van der Waals surface area (Å²) in [6.07, 6.45) is 5.38. The summed E-state index contributed by atoms with van der Waals surface area (Å²) in [6.45, 7) is 0. The molecular formula is C18H17NOS. The number of hydrogen-bond donors (Lipinski definition) is 0. The number of aromatic nitrogens is 1. The monoisotopic (exact) mass is 295 g/mol. The van der Waals surface area contributed by atoms with Crippen molar-refractivity contribution in [2.24, 2.45) is 5.92 Å². The first-order valence-corrected chi connectivity index (χ1v) is 8.31. The molecule has 21 heavy (non-hydrogen) atoms. The molecule has 0 N–H and O–H groups in total. The number of thiazole rings is 1. The van der Waals surface area contributed by atoms with Crippen molar-refractivity contribution in [3.63, 3.8) is 0 Å². The van der Waals surface area contributed by atoms with Gasteiger partial charge in [-0.05, 0) is 48.6 Å². The van der Waals surface area contributed by atoms with E-state index in [1.54, 1.807) is 11.3 Å². The molecular weight excluding hydrogens is 278 g/mol. The SMILES string of the molecule is c1ccc2sc(Oc3ccc(CCC4CC4)cc3)nc2c1. The lowest BCUT2D eigenvalue weighted by atomic mass is 10.1. The Bertz CT molecular complexity index is 710. The number of nitrogens with zero attached hydrogens (tertiary/aromatic N) is 1. The Hall–Kier alpha value is -1.87. The molecule has 0 spiro atoms. The molecule has 2 aromatic carbocycles. The van der Waals surface area contributed by atoms with E-state index in [1.807, 2.05) is 30.3 Å². The number of rotatable bonds is 5. The van der Waals surface area contributed by atoms with Crippen molar-refractivity contribution >= 4 is 21.6 Å². The van der Waals surface area contributed by atoms with Crippen molar-refractivity contribution < 1.29 is 4.74 Å². The first-order chi connectivity index (χ1) is 10.4. The van der Waals surface area contributed by atoms with Gasteiger partial charge in [-0.25, -0.2) is 4.98 Å². The van der Waals surface area contributed by atoms with Crippen LogP contribution in [0.2, 0.25) is 0 Å². The van der Waals surface area contributed by atoms with Gasteiger partial charge in [0.05, 0.1) is 10.2 Å². The molecule has 106 valence electrons. The molecule has 0 bridgehead atoms. The third-order valence-electron chi connectivity index (χ3n) is 3.94. The Labute approximate surface area is 128 Å². The van der Waals surface area contributed by atoms with Crippen LogP contribution in [0, 0.1) is 5.92 Å². The molecule has 0 atom stereocenters. The number of ether oxygens (including phenoxy) is 1. The number of benzene rings is 2. The zero-order valence-electron chi connectivity index (χ0n) is 11.8. The zero-order chi connectivity index (χ0) is 14.1. The van der Waals surface area contributed by atoms with Gasteiger partial charge in [-0.2, -0.15) is 0 Å². The lowest BCUT2D eigenvalue weighted by Crippen LogP contribution is -1.88. The second kappa shape index (κ2) is 5.49. The fraction of sp³-hybridized carbons (Fsp3) is 0.278. The summed E-state index contributed by atoms with van der Waals surface area (Å²) in [5.41, 5.74) is 2.40. The maximum atomic E-state index is 5.86. The van der Waals surface area contributed by atoms with Crippen molar-refractivity contribution in [2.45, 2.75) is 25.7 Å². The summed E-state index contributed by atoms with van der Waals surface area (Å²) in [6, 6.07) is 16.6. The van der Waals surface area contributed by atoms with Gasteiger partial charge in [-0.1, -0.05) is 48.4 Å². The average Bonchev–Trinajstić information content (AvgIpc) is 3.25. The molecule has 1 aliphatic carbocycles. The Morgan fingerprint density at radius 1 is 1.05 bits per heavy atom. The minimum atomic E-state index is 0.710. The highest BCUT2D eigenvalue weighted by atomic mass is 32.1. The Kier molecular flexibility index (Phi) is 3.36. The summed E-state index contributed by atoms with van der Waals surface area (Å²) < 4.78 is 7.02. The van der Waals surface area contributed by atoms with Crippen molar-refractivity contribution in [1.29, 1.82) is 0 Å². The lowest BCUT2D eigenvalue weighted by Gasteiger charge is -2.04. The first kappa shape index (κ1) is 12.8. The van der Waals surface area contributed by atoms with Gasteiger partial charge in [0.25, 0.3) is 5.19 Å². The largest absolute Gasteiger partial charge is 0.431 e. The molecule has 0 aliphatic heterocycles. The van der Waals surface area contributed by atoms with Crippen LogP contribution < -0.4 is 4.74 Å². The number of para-hydroxylation sites is 1. The minimum absolute atomic E-state index is 0.710. The molecule has 0 saturated heterocycles. The molecule has 3 aromatic rings. The third-order valence-corrected chi connectivity index (χ3v) is 4.86. The van der Waals surface area contributed by atoms with Crippen molar-refractivity contribution in [3.05, 3.63) is 54.1 Å². The molecule has 1 heterocycles. The Morgan fingerprint density at radius 3 is 2.62 bits per heavy atom. The number of fused-ring (bicyclic) bond motifs is 1. The van der Waals surface area contributed by atoms with Crippen LogP contribution in [0.4, 0.5) is 0 Å². The van der Waals surface area contributed by atoms with Crippen LogP contribution in [0.5, 0.6) is 10.9 Å². The molecule has 1 fully saturated rings. The highest BCUT2D eigenvalue weighted by molar-refractivity contribution is 7.20. The predicted octanol–water partition coefficient (Wildman–Crippen LogP) is 5.43. The quantitative estimate of drug-likeness (QED) is 0.626. The summed E-state index contributed by atoms with van der Waals surface area (Å²) in [5, 5.41) is 0.710. The van der Waals surface area contributed by atoms with Crippen LogP contribution in [0.3, 0.4) is 0 Å². The van der Waals surface area contributed by atoms with E-state index in [1.165, 1.54) is 31.2 Å². The van der Waals surface area contributed by atoms with E-state index in [0.29, 0.717) is 5.19 Å². The van der Waals surface area contributed by atoms with Crippen LogP contribution in [-0.2, 0) is 6.42 Å². The highest BCUT2D eigenvalue weighted by Gasteiger charge is 2.20. The fourth-order valence-electron chi connectivity index (χ4n) is 2.50. The van der Waals surface area contributed by atoms with E-state index < -0.39 is 0 Å². The Morgan fingerprint density at radius 2 is 1.86 bits per heavy atom. The number of hydrogen-bond acceptors (Lipinski definition) is 3. The number of aryl methyl sites for hydroxylation is 1. The van der Waals surface area contributed by atoms with Gasteiger partial charge >= 0.3 is 0 Å². The molecule has 4 rings (SSSR count). The van der Waals surface area contributed by atoms with Crippen molar-refractivity contribution in [1.82, 2.24) is 4.98 Å². The standard InChI is InChI=1S/C18H17NOS/c1-2-4-17-16(3-1)19-18(21-17)20-15-11-9-14(10-12-15)8-7-13-5-6-13/h1-4,9-13H,5-8H2. The van der Waals surface area contributed by atoms with Crippen LogP contribution in [0.15, 0.2) is 48.5 Å². The van der Waals surface area contributed by atoms with Crippen LogP contribution in [0.1, 0.15) is 24.8 Å².